The summed E-state index contributed by atoms with van der Waals surface area (Å²) >= 11 is 0. The van der Waals surface area contributed by atoms with Crippen LogP contribution in [0.5, 0.6) is 0 Å². The maximum Gasteiger partial charge on any atom is 0.233 e. The van der Waals surface area contributed by atoms with Crippen LogP contribution in [0.1, 0.15) is 34.6 Å². The summed E-state index contributed by atoms with van der Waals surface area (Å²) in [6, 6.07) is 1.09. The minimum atomic E-state index is 0.0724. The van der Waals surface area contributed by atoms with Crippen molar-refractivity contribution < 1.29 is 4.79 Å². The van der Waals surface area contributed by atoms with Crippen LogP contribution in [0.4, 0.5) is 0 Å². The molecule has 0 saturated heterocycles. The van der Waals surface area contributed by atoms with Crippen LogP contribution in [0.2, 0.25) is 0 Å². The lowest BCUT2D eigenvalue weighted by Crippen LogP contribution is -2.43. The Labute approximate surface area is 99.8 Å². The maximum atomic E-state index is 11.2. The SMILES string of the molecule is CCNC(=O)CNCCN(C(C)C)C(C)C. The molecule has 0 radical (unpaired) electrons. The number of carbonyl (C=O) groups is 1. The number of nitrogens with zero attached hydrogens (tertiary/aromatic N) is 1. The van der Waals surface area contributed by atoms with Gasteiger partial charge in [-0.2, -0.15) is 0 Å². The van der Waals surface area contributed by atoms with Crippen LogP contribution in [-0.4, -0.2) is 49.1 Å². The third-order valence-electron chi connectivity index (χ3n) is 2.53. The fourth-order valence-corrected chi connectivity index (χ4v) is 1.78. The smallest absolute Gasteiger partial charge is 0.233 e. The molecular weight excluding hydrogens is 202 g/mol. The average molecular weight is 229 g/mol. The first-order chi connectivity index (χ1) is 7.49. The molecule has 0 aromatic heterocycles. The summed E-state index contributed by atoms with van der Waals surface area (Å²) in [7, 11) is 0. The minimum Gasteiger partial charge on any atom is -0.355 e. The second-order valence-electron chi connectivity index (χ2n) is 4.56. The van der Waals surface area contributed by atoms with Crippen LogP contribution in [0.25, 0.3) is 0 Å². The molecule has 1 amide bonds. The quantitative estimate of drug-likeness (QED) is 0.606. The molecule has 0 aliphatic heterocycles. The zero-order chi connectivity index (χ0) is 12.6. The second kappa shape index (κ2) is 8.53. The number of rotatable bonds is 8. The molecule has 0 rings (SSSR count). The summed E-state index contributed by atoms with van der Waals surface area (Å²) in [6.45, 7) is 13.7. The Morgan fingerprint density at radius 2 is 1.75 bits per heavy atom. The van der Waals surface area contributed by atoms with Gasteiger partial charge in [-0.3, -0.25) is 9.69 Å². The van der Waals surface area contributed by atoms with Gasteiger partial charge in [0.1, 0.15) is 0 Å². The first kappa shape index (κ1) is 15.4. The third-order valence-corrected chi connectivity index (χ3v) is 2.53. The molecular formula is C12H27N3O. The van der Waals surface area contributed by atoms with Crippen molar-refractivity contribution in [1.29, 1.82) is 0 Å². The van der Waals surface area contributed by atoms with Gasteiger partial charge in [0.15, 0.2) is 0 Å². The molecule has 0 bridgehead atoms. The lowest BCUT2D eigenvalue weighted by molar-refractivity contribution is -0.120. The monoisotopic (exact) mass is 229 g/mol. The van der Waals surface area contributed by atoms with Crippen LogP contribution in [0.15, 0.2) is 0 Å². The summed E-state index contributed by atoms with van der Waals surface area (Å²) < 4.78 is 0. The number of nitrogens with one attached hydrogen (secondary N) is 2. The standard InChI is InChI=1S/C12H27N3O/c1-6-14-12(16)9-13-7-8-15(10(2)3)11(4)5/h10-11,13H,6-9H2,1-5H3,(H,14,16). The van der Waals surface area contributed by atoms with Gasteiger partial charge >= 0.3 is 0 Å². The van der Waals surface area contributed by atoms with Gasteiger partial charge in [0.05, 0.1) is 6.54 Å². The predicted molar refractivity (Wildman–Crippen MR) is 68.5 cm³/mol. The van der Waals surface area contributed by atoms with Gasteiger partial charge in [-0.1, -0.05) is 0 Å². The Morgan fingerprint density at radius 1 is 1.19 bits per heavy atom. The van der Waals surface area contributed by atoms with Crippen molar-refractivity contribution in [2.75, 3.05) is 26.2 Å². The molecule has 4 nitrogen and oxygen atoms in total. The van der Waals surface area contributed by atoms with Crippen LogP contribution < -0.4 is 10.6 Å². The van der Waals surface area contributed by atoms with Gasteiger partial charge in [0, 0.05) is 31.7 Å². The van der Waals surface area contributed by atoms with Gasteiger partial charge in [-0.05, 0) is 34.6 Å². The number of hydrogen-bond donors (Lipinski definition) is 2. The molecule has 0 heterocycles. The number of hydrogen-bond acceptors (Lipinski definition) is 3. The van der Waals surface area contributed by atoms with E-state index in [1.807, 2.05) is 6.92 Å². The first-order valence-corrected chi connectivity index (χ1v) is 6.22. The lowest BCUT2D eigenvalue weighted by atomic mass is 10.2. The summed E-state index contributed by atoms with van der Waals surface area (Å²) in [5.41, 5.74) is 0. The first-order valence-electron chi connectivity index (χ1n) is 6.22. The number of carbonyl (C=O) groups excluding carboxylic acids is 1. The minimum absolute atomic E-state index is 0.0724. The van der Waals surface area contributed by atoms with E-state index < -0.39 is 0 Å². The van der Waals surface area contributed by atoms with E-state index in [-0.39, 0.29) is 5.91 Å². The molecule has 0 atom stereocenters. The molecule has 0 unspecified atom stereocenters. The molecule has 0 spiro atoms. The fourth-order valence-electron chi connectivity index (χ4n) is 1.78. The van der Waals surface area contributed by atoms with Crippen molar-refractivity contribution >= 4 is 5.91 Å². The van der Waals surface area contributed by atoms with E-state index >= 15 is 0 Å². The average Bonchev–Trinajstić information content (AvgIpc) is 2.16. The van der Waals surface area contributed by atoms with Crippen molar-refractivity contribution in [3.05, 3.63) is 0 Å². The van der Waals surface area contributed by atoms with Gasteiger partial charge in [0.25, 0.3) is 0 Å². The van der Waals surface area contributed by atoms with Crippen LogP contribution >= 0.6 is 0 Å². The van der Waals surface area contributed by atoms with Crippen molar-refractivity contribution in [3.8, 4) is 0 Å². The Hall–Kier alpha value is -0.610. The van der Waals surface area contributed by atoms with Crippen molar-refractivity contribution in [1.82, 2.24) is 15.5 Å². The van der Waals surface area contributed by atoms with E-state index in [9.17, 15) is 4.79 Å². The van der Waals surface area contributed by atoms with E-state index in [1.54, 1.807) is 0 Å². The topological polar surface area (TPSA) is 44.4 Å². The van der Waals surface area contributed by atoms with E-state index in [4.69, 9.17) is 0 Å². The lowest BCUT2D eigenvalue weighted by Gasteiger charge is -2.30. The summed E-state index contributed by atoms with van der Waals surface area (Å²) in [4.78, 5) is 13.6. The molecule has 0 aromatic rings. The Bertz CT molecular complexity index is 185. The van der Waals surface area contributed by atoms with E-state index in [0.29, 0.717) is 25.2 Å². The molecule has 0 aromatic carbocycles. The molecule has 16 heavy (non-hydrogen) atoms. The second-order valence-corrected chi connectivity index (χ2v) is 4.56. The Morgan fingerprint density at radius 3 is 2.19 bits per heavy atom. The van der Waals surface area contributed by atoms with E-state index in [1.165, 1.54) is 0 Å². The van der Waals surface area contributed by atoms with Crippen molar-refractivity contribution in [3.63, 3.8) is 0 Å². The van der Waals surface area contributed by atoms with Crippen LogP contribution in [0, 0.1) is 0 Å². The summed E-state index contributed by atoms with van der Waals surface area (Å²) in [6.07, 6.45) is 0. The zero-order valence-corrected chi connectivity index (χ0v) is 11.3. The Balaban J connectivity index is 3.67. The fraction of sp³-hybridized carbons (Fsp3) is 0.917. The zero-order valence-electron chi connectivity index (χ0n) is 11.3. The van der Waals surface area contributed by atoms with E-state index in [2.05, 4.69) is 43.2 Å². The van der Waals surface area contributed by atoms with Gasteiger partial charge in [-0.25, -0.2) is 0 Å². The molecule has 0 aliphatic rings. The highest BCUT2D eigenvalue weighted by Gasteiger charge is 2.12. The highest BCUT2D eigenvalue weighted by atomic mass is 16.1. The molecule has 0 saturated carbocycles. The van der Waals surface area contributed by atoms with Gasteiger partial charge in [-0.15, -0.1) is 0 Å². The molecule has 4 heteroatoms. The number of amides is 1. The van der Waals surface area contributed by atoms with Crippen molar-refractivity contribution in [2.45, 2.75) is 46.7 Å². The van der Waals surface area contributed by atoms with Crippen molar-refractivity contribution in [2.24, 2.45) is 0 Å². The molecule has 96 valence electrons. The summed E-state index contributed by atoms with van der Waals surface area (Å²) in [5, 5.41) is 5.92. The van der Waals surface area contributed by atoms with Gasteiger partial charge < -0.3 is 10.6 Å². The maximum absolute atomic E-state index is 11.2. The summed E-state index contributed by atoms with van der Waals surface area (Å²) in [5.74, 6) is 0.0724. The predicted octanol–water partition coefficient (Wildman–Crippen LogP) is 0.831. The van der Waals surface area contributed by atoms with E-state index in [0.717, 1.165) is 13.1 Å². The largest absolute Gasteiger partial charge is 0.355 e. The Kier molecular flexibility index (Phi) is 8.21. The highest BCUT2D eigenvalue weighted by Crippen LogP contribution is 2.02. The van der Waals surface area contributed by atoms with Gasteiger partial charge in [0.2, 0.25) is 5.91 Å². The molecule has 0 aliphatic carbocycles. The highest BCUT2D eigenvalue weighted by molar-refractivity contribution is 5.77. The van der Waals surface area contributed by atoms with Crippen LogP contribution in [0.3, 0.4) is 0 Å². The normalized spacial score (nSPS) is 11.5. The molecule has 2 N–H and O–H groups in total. The number of likely N-dealkylation sites (N-methyl/N-ethyl adjacent to an activating group) is 1. The third kappa shape index (κ3) is 6.80. The van der Waals surface area contributed by atoms with Crippen LogP contribution in [-0.2, 0) is 4.79 Å². The molecule has 0 fully saturated rings.